The molecule has 1 aliphatic rings. The average Bonchev–Trinajstić information content (AvgIpc) is 2.30. The molecular weight excluding hydrogens is 186 g/mol. The van der Waals surface area contributed by atoms with Crippen LogP contribution >= 0.6 is 0 Å². The number of aromatic nitrogens is 2. The number of nitrogens with one attached hydrogen (secondary N) is 1. The SMILES string of the molecule is Cc1cnc(CCC2CCCNC2)nc1. The van der Waals surface area contributed by atoms with E-state index in [1.165, 1.54) is 32.4 Å². The molecule has 15 heavy (non-hydrogen) atoms. The number of rotatable bonds is 3. The lowest BCUT2D eigenvalue weighted by molar-refractivity contribution is 0.356. The summed E-state index contributed by atoms with van der Waals surface area (Å²) in [5.41, 5.74) is 1.14. The van der Waals surface area contributed by atoms with E-state index >= 15 is 0 Å². The lowest BCUT2D eigenvalue weighted by atomic mass is 9.94. The zero-order valence-electron chi connectivity index (χ0n) is 9.37. The van der Waals surface area contributed by atoms with E-state index in [1.54, 1.807) is 0 Å². The summed E-state index contributed by atoms with van der Waals surface area (Å²) < 4.78 is 0. The monoisotopic (exact) mass is 205 g/mol. The fraction of sp³-hybridized carbons (Fsp3) is 0.667. The van der Waals surface area contributed by atoms with Gasteiger partial charge < -0.3 is 5.32 Å². The first-order valence-electron chi connectivity index (χ1n) is 5.83. The highest BCUT2D eigenvalue weighted by molar-refractivity contribution is 5.01. The van der Waals surface area contributed by atoms with Crippen molar-refractivity contribution in [1.82, 2.24) is 15.3 Å². The Kier molecular flexibility index (Phi) is 3.67. The van der Waals surface area contributed by atoms with Crippen LogP contribution in [0.25, 0.3) is 0 Å². The molecule has 1 saturated heterocycles. The van der Waals surface area contributed by atoms with Crippen molar-refractivity contribution in [3.63, 3.8) is 0 Å². The van der Waals surface area contributed by atoms with Crippen LogP contribution in [0.5, 0.6) is 0 Å². The zero-order chi connectivity index (χ0) is 10.5. The van der Waals surface area contributed by atoms with Gasteiger partial charge in [-0.3, -0.25) is 0 Å². The molecule has 0 spiro atoms. The van der Waals surface area contributed by atoms with E-state index in [0.717, 1.165) is 23.7 Å². The number of aryl methyl sites for hydroxylation is 2. The van der Waals surface area contributed by atoms with E-state index < -0.39 is 0 Å². The largest absolute Gasteiger partial charge is 0.316 e. The van der Waals surface area contributed by atoms with Crippen molar-refractivity contribution in [3.8, 4) is 0 Å². The highest BCUT2D eigenvalue weighted by atomic mass is 14.9. The lowest BCUT2D eigenvalue weighted by Gasteiger charge is -2.22. The van der Waals surface area contributed by atoms with Crippen LogP contribution in [0.3, 0.4) is 0 Å². The Hall–Kier alpha value is -0.960. The van der Waals surface area contributed by atoms with E-state index in [9.17, 15) is 0 Å². The Morgan fingerprint density at radius 3 is 2.87 bits per heavy atom. The van der Waals surface area contributed by atoms with Crippen LogP contribution < -0.4 is 5.32 Å². The van der Waals surface area contributed by atoms with Gasteiger partial charge in [-0.2, -0.15) is 0 Å². The molecule has 1 unspecified atom stereocenters. The van der Waals surface area contributed by atoms with Gasteiger partial charge in [0.1, 0.15) is 5.82 Å². The van der Waals surface area contributed by atoms with Crippen molar-refractivity contribution in [2.75, 3.05) is 13.1 Å². The van der Waals surface area contributed by atoms with Crippen LogP contribution in [0.1, 0.15) is 30.7 Å². The van der Waals surface area contributed by atoms with Crippen molar-refractivity contribution < 1.29 is 0 Å². The highest BCUT2D eigenvalue weighted by Crippen LogP contribution is 2.15. The highest BCUT2D eigenvalue weighted by Gasteiger charge is 2.12. The molecule has 82 valence electrons. The minimum Gasteiger partial charge on any atom is -0.316 e. The van der Waals surface area contributed by atoms with E-state index in [1.807, 2.05) is 19.3 Å². The van der Waals surface area contributed by atoms with Crippen LogP contribution in [0.15, 0.2) is 12.4 Å². The lowest BCUT2D eigenvalue weighted by Crippen LogP contribution is -2.30. The molecule has 2 heterocycles. The third-order valence-electron chi connectivity index (χ3n) is 3.01. The first-order chi connectivity index (χ1) is 7.34. The van der Waals surface area contributed by atoms with Crippen LogP contribution in [0.2, 0.25) is 0 Å². The minimum absolute atomic E-state index is 0.823. The summed E-state index contributed by atoms with van der Waals surface area (Å²) in [6, 6.07) is 0. The fourth-order valence-corrected chi connectivity index (χ4v) is 2.05. The standard InChI is InChI=1S/C12H19N3/c1-10-7-14-12(15-8-10)5-4-11-3-2-6-13-9-11/h7-8,11,13H,2-6,9H2,1H3. The Morgan fingerprint density at radius 1 is 1.40 bits per heavy atom. The predicted molar refractivity (Wildman–Crippen MR) is 60.7 cm³/mol. The molecule has 1 aliphatic heterocycles. The summed E-state index contributed by atoms with van der Waals surface area (Å²) >= 11 is 0. The van der Waals surface area contributed by atoms with Crippen LogP contribution in [0.4, 0.5) is 0 Å². The second-order valence-electron chi connectivity index (χ2n) is 4.43. The molecule has 0 radical (unpaired) electrons. The van der Waals surface area contributed by atoms with Gasteiger partial charge in [-0.25, -0.2) is 9.97 Å². The molecule has 0 saturated carbocycles. The van der Waals surface area contributed by atoms with Gasteiger partial charge in [0.15, 0.2) is 0 Å². The molecule has 0 bridgehead atoms. The molecular formula is C12H19N3. The molecule has 1 fully saturated rings. The molecule has 0 amide bonds. The second kappa shape index (κ2) is 5.21. The predicted octanol–water partition coefficient (Wildman–Crippen LogP) is 1.72. The molecule has 0 aromatic carbocycles. The maximum atomic E-state index is 4.33. The summed E-state index contributed by atoms with van der Waals surface area (Å²) in [7, 11) is 0. The van der Waals surface area contributed by atoms with Crippen molar-refractivity contribution in [3.05, 3.63) is 23.8 Å². The maximum absolute atomic E-state index is 4.33. The topological polar surface area (TPSA) is 37.8 Å². The van der Waals surface area contributed by atoms with Crippen LogP contribution in [0, 0.1) is 12.8 Å². The summed E-state index contributed by atoms with van der Waals surface area (Å²) in [6.07, 6.45) is 8.73. The summed E-state index contributed by atoms with van der Waals surface area (Å²) in [4.78, 5) is 8.66. The zero-order valence-corrected chi connectivity index (χ0v) is 9.37. The Morgan fingerprint density at radius 2 is 2.20 bits per heavy atom. The molecule has 0 aliphatic carbocycles. The van der Waals surface area contributed by atoms with Gasteiger partial charge in [0, 0.05) is 18.8 Å². The van der Waals surface area contributed by atoms with E-state index in [2.05, 4.69) is 15.3 Å². The molecule has 3 heteroatoms. The molecule has 2 rings (SSSR count). The molecule has 1 atom stereocenters. The third kappa shape index (κ3) is 3.27. The quantitative estimate of drug-likeness (QED) is 0.816. The van der Waals surface area contributed by atoms with Gasteiger partial charge in [0.25, 0.3) is 0 Å². The molecule has 1 aromatic heterocycles. The Balaban J connectivity index is 1.79. The van der Waals surface area contributed by atoms with Gasteiger partial charge in [0.2, 0.25) is 0 Å². The van der Waals surface area contributed by atoms with Gasteiger partial charge in [-0.1, -0.05) is 0 Å². The van der Waals surface area contributed by atoms with Gasteiger partial charge >= 0.3 is 0 Å². The Labute approximate surface area is 91.3 Å². The van der Waals surface area contributed by atoms with Gasteiger partial charge in [-0.05, 0) is 50.8 Å². The normalized spacial score (nSPS) is 21.5. The van der Waals surface area contributed by atoms with Gasteiger partial charge in [-0.15, -0.1) is 0 Å². The van der Waals surface area contributed by atoms with Crippen LogP contribution in [-0.2, 0) is 6.42 Å². The summed E-state index contributed by atoms with van der Waals surface area (Å²) in [6.45, 7) is 4.39. The first-order valence-corrected chi connectivity index (χ1v) is 5.83. The number of piperidine rings is 1. The number of nitrogens with zero attached hydrogens (tertiary/aromatic N) is 2. The minimum atomic E-state index is 0.823. The number of hydrogen-bond donors (Lipinski definition) is 1. The first kappa shape index (κ1) is 10.6. The second-order valence-corrected chi connectivity index (χ2v) is 4.43. The average molecular weight is 205 g/mol. The van der Waals surface area contributed by atoms with Crippen molar-refractivity contribution in [2.45, 2.75) is 32.6 Å². The smallest absolute Gasteiger partial charge is 0.128 e. The van der Waals surface area contributed by atoms with E-state index in [4.69, 9.17) is 0 Å². The van der Waals surface area contributed by atoms with Crippen molar-refractivity contribution in [1.29, 1.82) is 0 Å². The number of hydrogen-bond acceptors (Lipinski definition) is 3. The fourth-order valence-electron chi connectivity index (χ4n) is 2.05. The van der Waals surface area contributed by atoms with Crippen LogP contribution in [-0.4, -0.2) is 23.1 Å². The van der Waals surface area contributed by atoms with Crippen molar-refractivity contribution in [2.24, 2.45) is 5.92 Å². The van der Waals surface area contributed by atoms with Crippen molar-refractivity contribution >= 4 is 0 Å². The maximum Gasteiger partial charge on any atom is 0.128 e. The Bertz CT molecular complexity index is 288. The van der Waals surface area contributed by atoms with E-state index in [0.29, 0.717) is 0 Å². The van der Waals surface area contributed by atoms with Gasteiger partial charge in [0.05, 0.1) is 0 Å². The molecule has 3 nitrogen and oxygen atoms in total. The summed E-state index contributed by atoms with van der Waals surface area (Å²) in [5.74, 6) is 1.81. The third-order valence-corrected chi connectivity index (χ3v) is 3.01. The molecule has 1 aromatic rings. The summed E-state index contributed by atoms with van der Waals surface area (Å²) in [5, 5.41) is 3.44. The molecule has 1 N–H and O–H groups in total. The van der Waals surface area contributed by atoms with E-state index in [-0.39, 0.29) is 0 Å².